The summed E-state index contributed by atoms with van der Waals surface area (Å²) in [5.41, 5.74) is 4.93. The summed E-state index contributed by atoms with van der Waals surface area (Å²) in [6.45, 7) is 6.97. The van der Waals surface area contributed by atoms with Gasteiger partial charge in [-0.2, -0.15) is 12.7 Å². The van der Waals surface area contributed by atoms with E-state index in [1.807, 2.05) is 0 Å². The van der Waals surface area contributed by atoms with E-state index in [9.17, 15) is 18.1 Å². The molecule has 3 aliphatic carbocycles. The molecule has 0 aromatic heterocycles. The zero-order chi connectivity index (χ0) is 20.6. The van der Waals surface area contributed by atoms with E-state index in [0.717, 1.165) is 50.5 Å². The molecule has 1 aromatic carbocycles. The largest absolute Gasteiger partial charge is 0.392 e. The number of hydrogen-bond donors (Lipinski definition) is 2. The topological polar surface area (TPSA) is 77.8 Å². The van der Waals surface area contributed by atoms with Gasteiger partial charge in [0.2, 0.25) is 0 Å². The van der Waals surface area contributed by atoms with Crippen molar-refractivity contribution < 1.29 is 18.1 Å². The predicted molar refractivity (Wildman–Crippen MR) is 112 cm³/mol. The quantitative estimate of drug-likeness (QED) is 0.563. The molecule has 1 saturated heterocycles. The summed E-state index contributed by atoms with van der Waals surface area (Å²) >= 11 is 0. The minimum atomic E-state index is -4.17. The van der Waals surface area contributed by atoms with Crippen molar-refractivity contribution in [2.45, 2.75) is 69.9 Å². The fraction of sp³-hybridized carbons (Fsp3) is 0.652. The van der Waals surface area contributed by atoms with Gasteiger partial charge in [-0.05, 0) is 79.4 Å². The molecule has 1 heterocycles. The maximum absolute atomic E-state index is 11.7. The monoisotopic (exact) mass is 417 g/mol. The summed E-state index contributed by atoms with van der Waals surface area (Å²) < 4.78 is 34.3. The molecule has 0 amide bonds. The molecule has 3 unspecified atom stereocenters. The van der Waals surface area contributed by atoms with E-state index in [0.29, 0.717) is 24.3 Å². The van der Waals surface area contributed by atoms with Crippen LogP contribution in [0.25, 0.3) is 0 Å². The number of aliphatic hydroxyl groups excluding tert-OH is 1. The molecule has 4 aliphatic rings. The molecule has 0 radical (unpaired) electrons. The number of benzene rings is 1. The Morgan fingerprint density at radius 2 is 2.03 bits per heavy atom. The normalized spacial score (nSPS) is 39.8. The molecule has 0 spiro atoms. The zero-order valence-corrected chi connectivity index (χ0v) is 17.9. The average Bonchev–Trinajstić information content (AvgIpc) is 3.24. The van der Waals surface area contributed by atoms with E-state index >= 15 is 0 Å². The van der Waals surface area contributed by atoms with Crippen LogP contribution in [-0.2, 0) is 16.7 Å². The summed E-state index contributed by atoms with van der Waals surface area (Å²) in [7, 11) is -4.17. The Hall–Kier alpha value is -1.21. The lowest BCUT2D eigenvalue weighted by molar-refractivity contribution is -0.0178. The van der Waals surface area contributed by atoms with Crippen LogP contribution in [0.15, 0.2) is 30.4 Å². The van der Waals surface area contributed by atoms with Crippen LogP contribution in [0.4, 0.5) is 0 Å². The summed E-state index contributed by atoms with van der Waals surface area (Å²) in [6.07, 6.45) is 6.20. The Morgan fingerprint density at radius 1 is 1.24 bits per heavy atom. The molecule has 5 nitrogen and oxygen atoms in total. The van der Waals surface area contributed by atoms with Gasteiger partial charge in [0.1, 0.15) is 0 Å². The first-order valence-electron chi connectivity index (χ1n) is 10.9. The van der Waals surface area contributed by atoms with Crippen LogP contribution >= 0.6 is 0 Å². The summed E-state index contributed by atoms with van der Waals surface area (Å²) in [5.74, 6) is 1.43. The van der Waals surface area contributed by atoms with Gasteiger partial charge in [0.05, 0.1) is 12.1 Å². The molecule has 6 atom stereocenters. The molecular formula is C23H31NO4S. The molecule has 1 aliphatic heterocycles. The molecule has 1 aromatic rings. The van der Waals surface area contributed by atoms with Crippen molar-refractivity contribution in [1.29, 1.82) is 0 Å². The van der Waals surface area contributed by atoms with Gasteiger partial charge in [0.15, 0.2) is 0 Å². The number of aryl methyl sites for hydroxylation is 1. The second kappa shape index (κ2) is 6.64. The summed E-state index contributed by atoms with van der Waals surface area (Å²) in [5, 5.41) is 10.7. The van der Waals surface area contributed by atoms with Crippen molar-refractivity contribution in [3.05, 3.63) is 47.0 Å². The minimum absolute atomic E-state index is 0.0322. The fourth-order valence-electron chi connectivity index (χ4n) is 7.15. The van der Waals surface area contributed by atoms with E-state index in [1.54, 1.807) is 0 Å². The van der Waals surface area contributed by atoms with Crippen LogP contribution in [0.1, 0.15) is 74.1 Å². The highest BCUT2D eigenvalue weighted by molar-refractivity contribution is 7.83. The van der Waals surface area contributed by atoms with Crippen LogP contribution < -0.4 is 0 Å². The third-order valence-corrected chi connectivity index (χ3v) is 9.53. The molecule has 5 rings (SSSR count). The molecule has 29 heavy (non-hydrogen) atoms. The predicted octanol–water partition coefficient (Wildman–Crippen LogP) is 4.01. The second-order valence-electron chi connectivity index (χ2n) is 9.91. The van der Waals surface area contributed by atoms with Crippen molar-refractivity contribution in [2.75, 3.05) is 6.54 Å². The number of rotatable bonds is 2. The van der Waals surface area contributed by atoms with Gasteiger partial charge >= 0.3 is 10.3 Å². The standard InChI is InChI=1S/C23H31NO4S/c1-14-12-21(25)23(2)10-9-18-17-7-6-16(13-15(17)5-8-19(18)22(14)23)20-4-3-11-24(20)29(26,27)28/h6-7,13,18-22,25H,1,3-5,8-12H2,2H3,(H,26,27,28)/t18?,19?,20?,21-,22-,23+/m0/s1. The van der Waals surface area contributed by atoms with Gasteiger partial charge in [0, 0.05) is 12.0 Å². The zero-order valence-electron chi connectivity index (χ0n) is 17.0. The average molecular weight is 418 g/mol. The smallest absolute Gasteiger partial charge is 0.336 e. The number of fused-ring (bicyclic) bond motifs is 5. The Kier molecular flexibility index (Phi) is 4.52. The lowest BCUT2D eigenvalue weighted by Gasteiger charge is -2.50. The van der Waals surface area contributed by atoms with Crippen LogP contribution in [0.3, 0.4) is 0 Å². The van der Waals surface area contributed by atoms with E-state index in [-0.39, 0.29) is 17.6 Å². The van der Waals surface area contributed by atoms with Crippen molar-refractivity contribution in [2.24, 2.45) is 17.3 Å². The maximum atomic E-state index is 11.7. The maximum Gasteiger partial charge on any atom is 0.336 e. The van der Waals surface area contributed by atoms with E-state index in [4.69, 9.17) is 0 Å². The minimum Gasteiger partial charge on any atom is -0.392 e. The lowest BCUT2D eigenvalue weighted by atomic mass is 9.55. The summed E-state index contributed by atoms with van der Waals surface area (Å²) in [6, 6.07) is 6.21. The fourth-order valence-corrected chi connectivity index (χ4v) is 8.05. The Balaban J connectivity index is 1.46. The van der Waals surface area contributed by atoms with Gasteiger partial charge in [0.25, 0.3) is 0 Å². The number of hydrogen-bond acceptors (Lipinski definition) is 3. The SMILES string of the molecule is C=C1C[C@H](O)[C@@]2(C)CCC3c4ccc(C5CCCN5S(=O)(=O)O)cc4CCC3[C@H]12. The van der Waals surface area contributed by atoms with Crippen molar-refractivity contribution >= 4 is 10.3 Å². The molecule has 3 fully saturated rings. The highest BCUT2D eigenvalue weighted by Crippen LogP contribution is 2.62. The van der Waals surface area contributed by atoms with Crippen LogP contribution in [0, 0.1) is 17.3 Å². The van der Waals surface area contributed by atoms with E-state index in [1.165, 1.54) is 21.0 Å². The molecule has 2 N–H and O–H groups in total. The first-order valence-corrected chi connectivity index (χ1v) is 12.3. The Labute approximate surface area is 173 Å². The highest BCUT2D eigenvalue weighted by atomic mass is 32.2. The third-order valence-electron chi connectivity index (χ3n) is 8.50. The number of nitrogens with zero attached hydrogens (tertiary/aromatic N) is 1. The Bertz CT molecular complexity index is 958. The van der Waals surface area contributed by atoms with Crippen LogP contribution in [0.2, 0.25) is 0 Å². The van der Waals surface area contributed by atoms with E-state index in [2.05, 4.69) is 31.7 Å². The lowest BCUT2D eigenvalue weighted by Crippen LogP contribution is -2.44. The molecule has 0 bridgehead atoms. The highest BCUT2D eigenvalue weighted by Gasteiger charge is 2.56. The number of aliphatic hydroxyl groups is 1. The van der Waals surface area contributed by atoms with E-state index < -0.39 is 10.3 Å². The third kappa shape index (κ3) is 2.94. The molecule has 2 saturated carbocycles. The molecule has 158 valence electrons. The van der Waals surface area contributed by atoms with Gasteiger partial charge in [-0.15, -0.1) is 0 Å². The Morgan fingerprint density at radius 3 is 2.79 bits per heavy atom. The first-order chi connectivity index (χ1) is 13.7. The van der Waals surface area contributed by atoms with Crippen molar-refractivity contribution in [3.63, 3.8) is 0 Å². The second-order valence-corrected chi connectivity index (χ2v) is 11.3. The van der Waals surface area contributed by atoms with Crippen molar-refractivity contribution in [1.82, 2.24) is 4.31 Å². The summed E-state index contributed by atoms with van der Waals surface area (Å²) in [4.78, 5) is 0. The van der Waals surface area contributed by atoms with Gasteiger partial charge in [-0.1, -0.05) is 37.3 Å². The van der Waals surface area contributed by atoms with Crippen LogP contribution in [0.5, 0.6) is 0 Å². The first kappa shape index (κ1) is 19.7. The molecular weight excluding hydrogens is 386 g/mol. The van der Waals surface area contributed by atoms with Gasteiger partial charge in [-0.25, -0.2) is 0 Å². The van der Waals surface area contributed by atoms with Gasteiger partial charge < -0.3 is 5.11 Å². The van der Waals surface area contributed by atoms with Crippen molar-refractivity contribution in [3.8, 4) is 0 Å². The van der Waals surface area contributed by atoms with Crippen LogP contribution in [-0.4, -0.2) is 35.0 Å². The molecule has 6 heteroatoms. The van der Waals surface area contributed by atoms with Gasteiger partial charge in [-0.3, -0.25) is 4.55 Å².